The topological polar surface area (TPSA) is 95.5 Å². The Bertz CT molecular complexity index is 1500. The predicted molar refractivity (Wildman–Crippen MR) is 130 cm³/mol. The lowest BCUT2D eigenvalue weighted by Gasteiger charge is -2.23. The van der Waals surface area contributed by atoms with Crippen LogP contribution >= 0.6 is 11.6 Å². The van der Waals surface area contributed by atoms with E-state index in [1.807, 2.05) is 6.92 Å². The lowest BCUT2D eigenvalue weighted by molar-refractivity contribution is -0.132. The van der Waals surface area contributed by atoms with Crippen LogP contribution in [0.5, 0.6) is 5.75 Å². The number of aromatic amines is 1. The summed E-state index contributed by atoms with van der Waals surface area (Å²) in [6.07, 6.45) is 0. The highest BCUT2D eigenvalue weighted by Crippen LogP contribution is 2.43. The molecule has 0 radical (unpaired) electrons. The Morgan fingerprint density at radius 3 is 2.66 bits per heavy atom. The fourth-order valence-corrected chi connectivity index (χ4v) is 4.38. The molecule has 0 aliphatic carbocycles. The molecule has 0 bridgehead atoms. The highest BCUT2D eigenvalue weighted by molar-refractivity contribution is 6.51. The lowest BCUT2D eigenvalue weighted by atomic mass is 9.95. The van der Waals surface area contributed by atoms with Crippen molar-refractivity contribution in [3.63, 3.8) is 0 Å². The number of ether oxygens (including phenoxy) is 1. The Morgan fingerprint density at radius 2 is 1.91 bits per heavy atom. The zero-order chi connectivity index (χ0) is 24.7. The van der Waals surface area contributed by atoms with Gasteiger partial charge in [-0.3, -0.25) is 14.5 Å². The minimum absolute atomic E-state index is 0.0507. The van der Waals surface area contributed by atoms with E-state index in [1.165, 1.54) is 29.2 Å². The Morgan fingerprint density at radius 1 is 1.14 bits per heavy atom. The van der Waals surface area contributed by atoms with E-state index in [9.17, 15) is 19.1 Å². The molecular weight excluding hydrogens is 473 g/mol. The first-order chi connectivity index (χ1) is 16.9. The first-order valence-corrected chi connectivity index (χ1v) is 11.2. The maximum atomic E-state index is 13.7. The molecule has 1 aliphatic heterocycles. The average Bonchev–Trinajstić information content (AvgIpc) is 3.38. The number of anilines is 1. The van der Waals surface area contributed by atoms with Crippen LogP contribution in [-0.2, 0) is 9.59 Å². The molecule has 0 spiro atoms. The number of nitrogens with one attached hydrogen (secondary N) is 1. The number of ketones is 1. The molecule has 1 unspecified atom stereocenters. The van der Waals surface area contributed by atoms with Gasteiger partial charge in [0.25, 0.3) is 5.78 Å². The van der Waals surface area contributed by atoms with Crippen LogP contribution in [0.25, 0.3) is 16.8 Å². The monoisotopic (exact) mass is 491 g/mol. The average molecular weight is 492 g/mol. The van der Waals surface area contributed by atoms with Crippen molar-refractivity contribution in [2.24, 2.45) is 0 Å². The van der Waals surface area contributed by atoms with Gasteiger partial charge in [-0.25, -0.2) is 9.37 Å². The van der Waals surface area contributed by atoms with Crippen LogP contribution in [0.1, 0.15) is 24.1 Å². The predicted octanol–water partition coefficient (Wildman–Crippen LogP) is 5.38. The molecule has 2 N–H and O–H groups in total. The van der Waals surface area contributed by atoms with Gasteiger partial charge in [-0.1, -0.05) is 41.9 Å². The van der Waals surface area contributed by atoms with Crippen molar-refractivity contribution in [2.45, 2.75) is 13.0 Å². The molecular formula is C26H19ClFN3O4. The summed E-state index contributed by atoms with van der Waals surface area (Å²) in [4.78, 5) is 35.1. The minimum Gasteiger partial charge on any atom is -0.507 e. The van der Waals surface area contributed by atoms with Gasteiger partial charge in [0.1, 0.15) is 17.3 Å². The Balaban J connectivity index is 1.72. The normalized spacial score (nSPS) is 17.3. The fourth-order valence-electron chi connectivity index (χ4n) is 4.17. The zero-order valence-electron chi connectivity index (χ0n) is 18.5. The number of rotatable bonds is 5. The molecule has 1 fully saturated rings. The molecule has 5 rings (SSSR count). The highest BCUT2D eigenvalue weighted by atomic mass is 35.5. The van der Waals surface area contributed by atoms with Crippen molar-refractivity contribution in [3.05, 3.63) is 94.3 Å². The third-order valence-corrected chi connectivity index (χ3v) is 6.05. The largest absolute Gasteiger partial charge is 0.507 e. The molecule has 9 heteroatoms. The molecule has 3 aromatic carbocycles. The number of halogens is 2. The van der Waals surface area contributed by atoms with Gasteiger partial charge in [0.2, 0.25) is 5.95 Å². The molecule has 176 valence electrons. The number of H-pyrrole nitrogens is 1. The molecule has 4 aromatic rings. The van der Waals surface area contributed by atoms with E-state index in [4.69, 9.17) is 16.3 Å². The van der Waals surface area contributed by atoms with E-state index in [0.29, 0.717) is 29.0 Å². The molecule has 2 heterocycles. The van der Waals surface area contributed by atoms with E-state index in [-0.39, 0.29) is 22.1 Å². The summed E-state index contributed by atoms with van der Waals surface area (Å²) in [7, 11) is 0. The maximum absolute atomic E-state index is 13.7. The van der Waals surface area contributed by atoms with Gasteiger partial charge in [0.05, 0.1) is 34.3 Å². The second-order valence-electron chi connectivity index (χ2n) is 7.88. The summed E-state index contributed by atoms with van der Waals surface area (Å²) < 4.78 is 19.2. The van der Waals surface area contributed by atoms with E-state index in [0.717, 1.165) is 0 Å². The van der Waals surface area contributed by atoms with E-state index in [1.54, 1.807) is 42.5 Å². The van der Waals surface area contributed by atoms with Crippen molar-refractivity contribution in [2.75, 3.05) is 11.5 Å². The van der Waals surface area contributed by atoms with Gasteiger partial charge in [-0.15, -0.1) is 0 Å². The molecule has 1 saturated heterocycles. The smallest absolute Gasteiger partial charge is 0.302 e. The SMILES string of the molecule is CCOc1ccc(Cl)c(/C(O)=C2\C(=O)C(=O)N(c3nc4ccc(F)cc4[nH]3)C2c2ccccc2)c1. The number of hydrogen-bond donors (Lipinski definition) is 2. The fraction of sp³-hybridized carbons (Fsp3) is 0.115. The third-order valence-electron chi connectivity index (χ3n) is 5.72. The number of amides is 1. The first-order valence-electron chi connectivity index (χ1n) is 10.8. The lowest BCUT2D eigenvalue weighted by Crippen LogP contribution is -2.30. The van der Waals surface area contributed by atoms with Crippen molar-refractivity contribution in [1.82, 2.24) is 9.97 Å². The number of carbonyl (C=O) groups is 2. The molecule has 0 saturated carbocycles. The van der Waals surface area contributed by atoms with Crippen molar-refractivity contribution in [1.29, 1.82) is 0 Å². The van der Waals surface area contributed by atoms with Crippen LogP contribution in [0.3, 0.4) is 0 Å². The van der Waals surface area contributed by atoms with Crippen LogP contribution in [0.15, 0.2) is 72.3 Å². The minimum atomic E-state index is -1.01. The number of aromatic nitrogens is 2. The summed E-state index contributed by atoms with van der Waals surface area (Å²) in [6.45, 7) is 2.21. The molecule has 1 aromatic heterocycles. The van der Waals surface area contributed by atoms with Gasteiger partial charge in [0, 0.05) is 5.56 Å². The third kappa shape index (κ3) is 3.91. The van der Waals surface area contributed by atoms with Crippen LogP contribution in [0.2, 0.25) is 5.02 Å². The van der Waals surface area contributed by atoms with Crippen molar-refractivity contribution in [3.8, 4) is 5.75 Å². The summed E-state index contributed by atoms with van der Waals surface area (Å²) in [5.41, 5.74) is 1.35. The van der Waals surface area contributed by atoms with E-state index >= 15 is 0 Å². The van der Waals surface area contributed by atoms with E-state index < -0.39 is 29.3 Å². The molecule has 1 atom stereocenters. The van der Waals surface area contributed by atoms with Gasteiger partial charge in [-0.2, -0.15) is 0 Å². The van der Waals surface area contributed by atoms with Crippen molar-refractivity contribution < 1.29 is 23.8 Å². The molecule has 1 aliphatic rings. The number of hydrogen-bond acceptors (Lipinski definition) is 5. The summed E-state index contributed by atoms with van der Waals surface area (Å²) in [5.74, 6) is -2.21. The number of carbonyl (C=O) groups excluding carboxylic acids is 2. The number of aliphatic hydroxyl groups excluding tert-OH is 1. The van der Waals surface area contributed by atoms with Crippen LogP contribution in [0, 0.1) is 5.82 Å². The van der Waals surface area contributed by atoms with Crippen LogP contribution in [-0.4, -0.2) is 33.4 Å². The Labute approximate surface area is 204 Å². The van der Waals surface area contributed by atoms with Crippen molar-refractivity contribution >= 4 is 46.0 Å². The molecule has 7 nitrogen and oxygen atoms in total. The van der Waals surface area contributed by atoms with Gasteiger partial charge in [-0.05, 0) is 48.9 Å². The van der Waals surface area contributed by atoms with Gasteiger partial charge >= 0.3 is 5.91 Å². The number of nitrogens with zero attached hydrogens (tertiary/aromatic N) is 2. The summed E-state index contributed by atoms with van der Waals surface area (Å²) in [6, 6.07) is 16.4. The number of Topliss-reactive ketones (excluding diaryl/α,β-unsaturated/α-hetero) is 1. The Kier molecular flexibility index (Phi) is 5.74. The Hall–Kier alpha value is -4.17. The first kappa shape index (κ1) is 22.6. The number of benzene rings is 3. The maximum Gasteiger partial charge on any atom is 0.302 e. The molecule has 35 heavy (non-hydrogen) atoms. The second-order valence-corrected chi connectivity index (χ2v) is 8.28. The van der Waals surface area contributed by atoms with Gasteiger partial charge in [0.15, 0.2) is 0 Å². The van der Waals surface area contributed by atoms with Gasteiger partial charge < -0.3 is 14.8 Å². The van der Waals surface area contributed by atoms with Crippen LogP contribution < -0.4 is 9.64 Å². The van der Waals surface area contributed by atoms with Crippen LogP contribution in [0.4, 0.5) is 10.3 Å². The zero-order valence-corrected chi connectivity index (χ0v) is 19.2. The second kappa shape index (κ2) is 8.88. The summed E-state index contributed by atoms with van der Waals surface area (Å²) >= 11 is 6.36. The highest BCUT2D eigenvalue weighted by Gasteiger charge is 2.48. The number of fused-ring (bicyclic) bond motifs is 1. The number of aliphatic hydroxyl groups is 1. The standard InChI is InChI=1S/C26H19ClFN3O4/c1-2-35-16-9-10-18(27)17(13-16)23(32)21-22(14-6-4-3-5-7-14)31(25(34)24(21)33)26-29-19-11-8-15(28)12-20(19)30-26/h3-13,22,32H,2H2,1H3,(H,29,30)/b23-21+. The number of imidazole rings is 1. The van der Waals surface area contributed by atoms with E-state index in [2.05, 4.69) is 9.97 Å². The summed E-state index contributed by atoms with van der Waals surface area (Å²) in [5, 5.41) is 11.5. The molecule has 1 amide bonds. The quantitative estimate of drug-likeness (QED) is 0.222.